The van der Waals surface area contributed by atoms with Crippen molar-refractivity contribution < 1.29 is 9.53 Å². The zero-order chi connectivity index (χ0) is 16.1. The Morgan fingerprint density at radius 1 is 1.26 bits per heavy atom. The lowest BCUT2D eigenvalue weighted by atomic mass is 9.79. The molecule has 3 rings (SSSR count). The standard InChI is InChI=1S/C14H25N7O2/c15-13-17-18-19-21(13)10-12(22)16-11-14(4-2-1-3-5-14)20-6-8-23-9-7-20/h1-11H2,(H,16,22)(H2,15,17,19). The molecule has 23 heavy (non-hydrogen) atoms. The van der Waals surface area contributed by atoms with Crippen LogP contribution in [-0.4, -0.2) is 69.4 Å². The number of carbonyl (C=O) groups excluding carboxylic acids is 1. The Balaban J connectivity index is 1.59. The number of nitrogens with one attached hydrogen (secondary N) is 1. The second kappa shape index (κ2) is 7.22. The van der Waals surface area contributed by atoms with Crippen LogP contribution in [0, 0.1) is 0 Å². The second-order valence-electron chi connectivity index (χ2n) is 6.36. The van der Waals surface area contributed by atoms with Gasteiger partial charge in [0.25, 0.3) is 0 Å². The maximum absolute atomic E-state index is 12.2. The van der Waals surface area contributed by atoms with Gasteiger partial charge in [-0.1, -0.05) is 24.4 Å². The fraction of sp³-hybridized carbons (Fsp3) is 0.857. The van der Waals surface area contributed by atoms with Crippen LogP contribution < -0.4 is 11.1 Å². The number of amides is 1. The summed E-state index contributed by atoms with van der Waals surface area (Å²) in [6.45, 7) is 4.14. The number of aromatic nitrogens is 4. The van der Waals surface area contributed by atoms with E-state index in [2.05, 4.69) is 25.7 Å². The predicted octanol–water partition coefficient (Wildman–Crippen LogP) is -0.593. The Hall–Kier alpha value is -1.74. The number of nitrogens with two attached hydrogens (primary N) is 1. The van der Waals surface area contributed by atoms with Gasteiger partial charge in [0.2, 0.25) is 11.9 Å². The number of tetrazole rings is 1. The molecular formula is C14H25N7O2. The number of hydrogen-bond acceptors (Lipinski definition) is 7. The van der Waals surface area contributed by atoms with E-state index in [4.69, 9.17) is 10.5 Å². The fourth-order valence-corrected chi connectivity index (χ4v) is 3.63. The van der Waals surface area contributed by atoms with Gasteiger partial charge in [-0.2, -0.15) is 0 Å². The highest BCUT2D eigenvalue weighted by molar-refractivity contribution is 5.76. The van der Waals surface area contributed by atoms with Gasteiger partial charge >= 0.3 is 0 Å². The normalized spacial score (nSPS) is 21.9. The van der Waals surface area contributed by atoms with Gasteiger partial charge in [-0.3, -0.25) is 9.69 Å². The van der Waals surface area contributed by atoms with Gasteiger partial charge in [0.15, 0.2) is 0 Å². The molecule has 3 N–H and O–H groups in total. The minimum Gasteiger partial charge on any atom is -0.379 e. The number of carbonyl (C=O) groups is 1. The molecule has 0 radical (unpaired) electrons. The monoisotopic (exact) mass is 323 g/mol. The van der Waals surface area contributed by atoms with Crippen LogP contribution in [0.25, 0.3) is 0 Å². The quantitative estimate of drug-likeness (QED) is 0.744. The van der Waals surface area contributed by atoms with E-state index < -0.39 is 0 Å². The van der Waals surface area contributed by atoms with Crippen molar-refractivity contribution in [3.05, 3.63) is 0 Å². The Kier molecular flexibility index (Phi) is 5.06. The molecule has 2 heterocycles. The third-order valence-electron chi connectivity index (χ3n) is 4.93. The lowest BCUT2D eigenvalue weighted by molar-refractivity contribution is -0.123. The Morgan fingerprint density at radius 3 is 2.65 bits per heavy atom. The SMILES string of the molecule is Nc1nnnn1CC(=O)NCC1(N2CCOCC2)CCCCC1. The number of nitrogens with zero attached hydrogens (tertiary/aromatic N) is 5. The molecule has 0 aromatic carbocycles. The minimum absolute atomic E-state index is 0.0536. The van der Waals surface area contributed by atoms with Gasteiger partial charge in [-0.25, -0.2) is 4.68 Å². The van der Waals surface area contributed by atoms with Crippen LogP contribution in [0.3, 0.4) is 0 Å². The van der Waals surface area contributed by atoms with Crippen molar-refractivity contribution in [3.63, 3.8) is 0 Å². The molecule has 0 atom stereocenters. The summed E-state index contributed by atoms with van der Waals surface area (Å²) < 4.78 is 6.78. The molecule has 1 aliphatic heterocycles. The van der Waals surface area contributed by atoms with Crippen molar-refractivity contribution in [2.45, 2.75) is 44.2 Å². The minimum atomic E-state index is -0.109. The van der Waals surface area contributed by atoms with Gasteiger partial charge in [0, 0.05) is 25.2 Å². The van der Waals surface area contributed by atoms with Crippen molar-refractivity contribution in [3.8, 4) is 0 Å². The summed E-state index contributed by atoms with van der Waals surface area (Å²) in [6.07, 6.45) is 5.96. The first-order valence-corrected chi connectivity index (χ1v) is 8.31. The first-order valence-electron chi connectivity index (χ1n) is 8.31. The number of nitrogen functional groups attached to an aromatic ring is 1. The van der Waals surface area contributed by atoms with E-state index in [9.17, 15) is 4.79 Å². The highest BCUT2D eigenvalue weighted by atomic mass is 16.5. The largest absolute Gasteiger partial charge is 0.379 e. The van der Waals surface area contributed by atoms with Crippen LogP contribution in [-0.2, 0) is 16.1 Å². The van der Waals surface area contributed by atoms with E-state index >= 15 is 0 Å². The van der Waals surface area contributed by atoms with E-state index in [-0.39, 0.29) is 23.9 Å². The third kappa shape index (κ3) is 3.78. The topological polar surface area (TPSA) is 111 Å². The number of hydrogen-bond donors (Lipinski definition) is 2. The summed E-state index contributed by atoms with van der Waals surface area (Å²) in [7, 11) is 0. The number of rotatable bonds is 5. The first-order chi connectivity index (χ1) is 11.2. The Morgan fingerprint density at radius 2 is 2.00 bits per heavy atom. The molecule has 0 unspecified atom stereocenters. The average Bonchev–Trinajstić information content (AvgIpc) is 2.99. The molecule has 2 aliphatic rings. The molecule has 9 heteroatoms. The van der Waals surface area contributed by atoms with E-state index in [1.807, 2.05) is 0 Å². The van der Waals surface area contributed by atoms with Crippen LogP contribution >= 0.6 is 0 Å². The van der Waals surface area contributed by atoms with E-state index in [0.29, 0.717) is 6.54 Å². The molecule has 1 amide bonds. The summed E-state index contributed by atoms with van der Waals surface area (Å²) in [4.78, 5) is 14.7. The van der Waals surface area contributed by atoms with Gasteiger partial charge in [0.1, 0.15) is 6.54 Å². The highest BCUT2D eigenvalue weighted by Gasteiger charge is 2.38. The van der Waals surface area contributed by atoms with Crippen LogP contribution in [0.15, 0.2) is 0 Å². The lowest BCUT2D eigenvalue weighted by Crippen LogP contribution is -2.59. The highest BCUT2D eigenvalue weighted by Crippen LogP contribution is 2.33. The van der Waals surface area contributed by atoms with Gasteiger partial charge in [-0.15, -0.1) is 0 Å². The maximum Gasteiger partial charge on any atom is 0.242 e. The van der Waals surface area contributed by atoms with Crippen molar-refractivity contribution in [2.24, 2.45) is 0 Å². The molecule has 1 saturated carbocycles. The molecule has 128 valence electrons. The average molecular weight is 323 g/mol. The molecular weight excluding hydrogens is 298 g/mol. The smallest absolute Gasteiger partial charge is 0.242 e. The van der Waals surface area contributed by atoms with Crippen LogP contribution in [0.1, 0.15) is 32.1 Å². The van der Waals surface area contributed by atoms with E-state index in [1.165, 1.54) is 23.9 Å². The van der Waals surface area contributed by atoms with Crippen LogP contribution in [0.2, 0.25) is 0 Å². The molecule has 9 nitrogen and oxygen atoms in total. The van der Waals surface area contributed by atoms with Crippen LogP contribution in [0.5, 0.6) is 0 Å². The number of ether oxygens (including phenoxy) is 1. The zero-order valence-corrected chi connectivity index (χ0v) is 13.4. The zero-order valence-electron chi connectivity index (χ0n) is 13.4. The first kappa shape index (κ1) is 16.1. The molecule has 1 saturated heterocycles. The number of morpholine rings is 1. The van der Waals surface area contributed by atoms with Gasteiger partial charge in [-0.05, 0) is 23.3 Å². The third-order valence-corrected chi connectivity index (χ3v) is 4.93. The molecule has 1 aromatic rings. The fourth-order valence-electron chi connectivity index (χ4n) is 3.63. The van der Waals surface area contributed by atoms with Crippen molar-refractivity contribution >= 4 is 11.9 Å². The lowest BCUT2D eigenvalue weighted by Gasteiger charge is -2.48. The second-order valence-corrected chi connectivity index (χ2v) is 6.36. The van der Waals surface area contributed by atoms with Gasteiger partial charge < -0.3 is 15.8 Å². The summed E-state index contributed by atoms with van der Waals surface area (Å²) in [5.74, 6) is 0.0444. The maximum atomic E-state index is 12.2. The summed E-state index contributed by atoms with van der Waals surface area (Å²) >= 11 is 0. The predicted molar refractivity (Wildman–Crippen MR) is 83.4 cm³/mol. The molecule has 1 aliphatic carbocycles. The Bertz CT molecular complexity index is 521. The van der Waals surface area contributed by atoms with Crippen molar-refractivity contribution in [1.82, 2.24) is 30.4 Å². The molecule has 0 bridgehead atoms. The summed E-state index contributed by atoms with van der Waals surface area (Å²) in [5, 5.41) is 13.8. The van der Waals surface area contributed by atoms with E-state index in [1.54, 1.807) is 0 Å². The molecule has 2 fully saturated rings. The van der Waals surface area contributed by atoms with Crippen molar-refractivity contribution in [2.75, 3.05) is 38.6 Å². The van der Waals surface area contributed by atoms with E-state index in [0.717, 1.165) is 39.1 Å². The molecule has 0 spiro atoms. The van der Waals surface area contributed by atoms with Crippen molar-refractivity contribution in [1.29, 1.82) is 0 Å². The summed E-state index contributed by atoms with van der Waals surface area (Å²) in [5.41, 5.74) is 5.65. The summed E-state index contributed by atoms with van der Waals surface area (Å²) in [6, 6.07) is 0. The van der Waals surface area contributed by atoms with Crippen LogP contribution in [0.4, 0.5) is 5.95 Å². The Labute approximate surface area is 135 Å². The number of anilines is 1. The molecule has 1 aromatic heterocycles. The van der Waals surface area contributed by atoms with Gasteiger partial charge in [0.05, 0.1) is 13.2 Å².